The van der Waals surface area contributed by atoms with E-state index in [1.165, 1.54) is 5.56 Å². The summed E-state index contributed by atoms with van der Waals surface area (Å²) in [6.07, 6.45) is 9.68. The highest BCUT2D eigenvalue weighted by Crippen LogP contribution is 2.37. The minimum Gasteiger partial charge on any atom is -0.295 e. The van der Waals surface area contributed by atoms with Crippen molar-refractivity contribution in [1.82, 2.24) is 0 Å². The Labute approximate surface area is 196 Å². The number of aliphatic imine (C=N–C) groups is 1. The van der Waals surface area contributed by atoms with Crippen LogP contribution in [0.2, 0.25) is 0 Å². The lowest BCUT2D eigenvalue weighted by molar-refractivity contribution is -0.112. The molecular formula is C30H31FNO. The van der Waals surface area contributed by atoms with Crippen LogP contribution < -0.4 is 0 Å². The van der Waals surface area contributed by atoms with Crippen molar-refractivity contribution in [1.29, 1.82) is 0 Å². The smallest absolute Gasteiger partial charge is 0.152 e. The first-order valence-corrected chi connectivity index (χ1v) is 11.8. The van der Waals surface area contributed by atoms with Crippen molar-refractivity contribution in [3.63, 3.8) is 0 Å². The molecule has 2 aliphatic rings. The first kappa shape index (κ1) is 23.1. The highest BCUT2D eigenvalue weighted by atomic mass is 19.1. The third-order valence-corrected chi connectivity index (χ3v) is 6.53. The number of rotatable bonds is 6. The Balaban J connectivity index is 1.91. The molecule has 4 rings (SSSR count). The number of hydrogen-bond acceptors (Lipinski definition) is 2. The van der Waals surface area contributed by atoms with E-state index in [4.69, 9.17) is 4.99 Å². The van der Waals surface area contributed by atoms with Gasteiger partial charge in [-0.2, -0.15) is 0 Å². The predicted molar refractivity (Wildman–Crippen MR) is 136 cm³/mol. The molecule has 169 valence electrons. The number of hydrogen-bond donors (Lipinski definition) is 0. The third kappa shape index (κ3) is 4.83. The molecule has 1 heterocycles. The van der Waals surface area contributed by atoms with E-state index in [9.17, 15) is 9.18 Å². The van der Waals surface area contributed by atoms with Gasteiger partial charge in [0.05, 0.1) is 11.8 Å². The second-order valence-corrected chi connectivity index (χ2v) is 9.15. The summed E-state index contributed by atoms with van der Waals surface area (Å²) in [5, 5.41) is 0. The van der Waals surface area contributed by atoms with Crippen LogP contribution in [0.3, 0.4) is 0 Å². The molecule has 1 radical (unpaired) electrons. The van der Waals surface area contributed by atoms with Gasteiger partial charge in [-0.05, 0) is 73.1 Å². The zero-order valence-electron chi connectivity index (χ0n) is 20.1. The fourth-order valence-corrected chi connectivity index (χ4v) is 4.49. The maximum absolute atomic E-state index is 14.9. The van der Waals surface area contributed by atoms with E-state index in [1.807, 2.05) is 38.5 Å². The van der Waals surface area contributed by atoms with Gasteiger partial charge in [0.25, 0.3) is 0 Å². The Morgan fingerprint density at radius 2 is 1.88 bits per heavy atom. The van der Waals surface area contributed by atoms with Crippen LogP contribution in [0.5, 0.6) is 0 Å². The quantitative estimate of drug-likeness (QED) is 0.438. The summed E-state index contributed by atoms with van der Waals surface area (Å²) in [6.45, 7) is 10.0. The average molecular weight is 441 g/mol. The number of benzene rings is 2. The van der Waals surface area contributed by atoms with Crippen molar-refractivity contribution in [2.75, 3.05) is 0 Å². The van der Waals surface area contributed by atoms with Crippen molar-refractivity contribution in [2.45, 2.75) is 53.5 Å². The zero-order chi connectivity index (χ0) is 23.7. The zero-order valence-corrected chi connectivity index (χ0v) is 20.1. The van der Waals surface area contributed by atoms with Gasteiger partial charge < -0.3 is 0 Å². The molecule has 0 amide bonds. The maximum Gasteiger partial charge on any atom is 0.152 e. The predicted octanol–water partition coefficient (Wildman–Crippen LogP) is 7.17. The number of carbonyl (C=O) groups is 1. The van der Waals surface area contributed by atoms with Gasteiger partial charge in [-0.3, -0.25) is 9.79 Å². The van der Waals surface area contributed by atoms with Crippen LogP contribution in [-0.4, -0.2) is 17.5 Å². The molecular weight excluding hydrogens is 409 g/mol. The van der Waals surface area contributed by atoms with Crippen molar-refractivity contribution in [3.05, 3.63) is 100 Å². The largest absolute Gasteiger partial charge is 0.295 e. The first-order valence-electron chi connectivity index (χ1n) is 11.8. The number of halogens is 1. The van der Waals surface area contributed by atoms with Crippen LogP contribution in [-0.2, 0) is 11.2 Å². The molecule has 0 aromatic heterocycles. The van der Waals surface area contributed by atoms with Crippen molar-refractivity contribution in [2.24, 2.45) is 10.9 Å². The minimum absolute atomic E-state index is 0.00323. The SMILES string of the molecule is C/C=C1\C(=C/C(C)=O)[C@H](C)N=C(c2ccc(C3=C[CH]3)c(F)c2)c2ccc(CC(C)CC)cc21. The van der Waals surface area contributed by atoms with E-state index in [0.29, 0.717) is 11.5 Å². The molecule has 0 saturated carbocycles. The van der Waals surface area contributed by atoms with Crippen LogP contribution in [0, 0.1) is 18.2 Å². The summed E-state index contributed by atoms with van der Waals surface area (Å²) in [7, 11) is 0. The van der Waals surface area contributed by atoms with Gasteiger partial charge in [0, 0.05) is 23.1 Å². The monoisotopic (exact) mass is 440 g/mol. The fraction of sp³-hybridized carbons (Fsp3) is 0.300. The summed E-state index contributed by atoms with van der Waals surface area (Å²) < 4.78 is 14.9. The van der Waals surface area contributed by atoms with E-state index in [1.54, 1.807) is 19.1 Å². The summed E-state index contributed by atoms with van der Waals surface area (Å²) in [4.78, 5) is 17.1. The molecule has 0 N–H and O–H groups in total. The second kappa shape index (κ2) is 9.43. The Hall–Kier alpha value is -3.07. The van der Waals surface area contributed by atoms with E-state index < -0.39 is 0 Å². The van der Waals surface area contributed by atoms with Gasteiger partial charge in [-0.1, -0.05) is 62.8 Å². The standard InChI is InChI=1S/C30H31FNO/c1-6-18(3)14-21-8-12-26-28(16-21)24(7-2)27(15-19(4)33)20(5)32-30(26)23-11-13-25(22-9-10-22)29(31)17-23/h7-13,15-18,20H,6,14H2,1-5H3/b24-7+,27-15-/t18?,20-/m0/s1. The number of carbonyl (C=O) groups excluding carboxylic acids is 1. The molecule has 0 spiro atoms. The molecule has 2 aromatic rings. The van der Waals surface area contributed by atoms with Gasteiger partial charge >= 0.3 is 0 Å². The molecule has 3 heteroatoms. The number of fused-ring (bicyclic) bond motifs is 1. The van der Waals surface area contributed by atoms with E-state index in [0.717, 1.165) is 52.0 Å². The summed E-state index contributed by atoms with van der Waals surface area (Å²) in [5.74, 6) is 0.335. The molecule has 1 aliphatic heterocycles. The molecule has 1 aliphatic carbocycles. The van der Waals surface area contributed by atoms with Crippen LogP contribution >= 0.6 is 0 Å². The molecule has 2 nitrogen and oxygen atoms in total. The molecule has 2 atom stereocenters. The maximum atomic E-state index is 14.9. The Morgan fingerprint density at radius 1 is 1.15 bits per heavy atom. The average Bonchev–Trinajstić information content (AvgIpc) is 3.62. The summed E-state index contributed by atoms with van der Waals surface area (Å²) >= 11 is 0. The Bertz CT molecular complexity index is 1230. The third-order valence-electron chi connectivity index (χ3n) is 6.53. The molecule has 2 aromatic carbocycles. The highest BCUT2D eigenvalue weighted by molar-refractivity contribution is 6.17. The molecule has 0 fully saturated rings. The lowest BCUT2D eigenvalue weighted by atomic mass is 9.86. The fourth-order valence-electron chi connectivity index (χ4n) is 4.49. The second-order valence-electron chi connectivity index (χ2n) is 9.15. The molecule has 0 bridgehead atoms. The summed E-state index contributed by atoms with van der Waals surface area (Å²) in [6, 6.07) is 11.6. The Morgan fingerprint density at radius 3 is 2.48 bits per heavy atom. The number of allylic oxidation sites excluding steroid dienone is 4. The Kier molecular flexibility index (Phi) is 6.60. The van der Waals surface area contributed by atoms with Crippen LogP contribution in [0.4, 0.5) is 4.39 Å². The van der Waals surface area contributed by atoms with Gasteiger partial charge in [0.15, 0.2) is 5.78 Å². The van der Waals surface area contributed by atoms with Crippen LogP contribution in [0.25, 0.3) is 11.1 Å². The van der Waals surface area contributed by atoms with Gasteiger partial charge in [0.1, 0.15) is 5.82 Å². The van der Waals surface area contributed by atoms with Crippen LogP contribution in [0.1, 0.15) is 68.9 Å². The van der Waals surface area contributed by atoms with E-state index in [-0.39, 0.29) is 17.6 Å². The van der Waals surface area contributed by atoms with Crippen LogP contribution in [0.15, 0.2) is 65.2 Å². The minimum atomic E-state index is -0.243. The lowest BCUT2D eigenvalue weighted by Crippen LogP contribution is -2.09. The number of nitrogens with zero attached hydrogens (tertiary/aromatic N) is 1. The van der Waals surface area contributed by atoms with E-state index >= 15 is 0 Å². The molecule has 0 saturated heterocycles. The summed E-state index contributed by atoms with van der Waals surface area (Å²) in [5.41, 5.74) is 8.28. The molecule has 33 heavy (non-hydrogen) atoms. The lowest BCUT2D eigenvalue weighted by Gasteiger charge is -2.17. The van der Waals surface area contributed by atoms with Crippen molar-refractivity contribution >= 4 is 22.6 Å². The van der Waals surface area contributed by atoms with E-state index in [2.05, 4.69) is 38.1 Å². The van der Waals surface area contributed by atoms with Gasteiger partial charge in [0.2, 0.25) is 0 Å². The topological polar surface area (TPSA) is 29.4 Å². The van der Waals surface area contributed by atoms with Crippen molar-refractivity contribution in [3.8, 4) is 0 Å². The number of ketones is 1. The van der Waals surface area contributed by atoms with Gasteiger partial charge in [-0.15, -0.1) is 0 Å². The molecule has 1 unspecified atom stereocenters. The van der Waals surface area contributed by atoms with Crippen molar-refractivity contribution < 1.29 is 9.18 Å². The highest BCUT2D eigenvalue weighted by Gasteiger charge is 2.26. The normalized spacial score (nSPS) is 20.7. The van der Waals surface area contributed by atoms with Gasteiger partial charge in [-0.25, -0.2) is 4.39 Å². The first-order chi connectivity index (χ1) is 15.8.